The number of thioether (sulfide) groups is 1. The van der Waals surface area contributed by atoms with Crippen molar-refractivity contribution in [3.8, 4) is 5.75 Å². The van der Waals surface area contributed by atoms with Gasteiger partial charge < -0.3 is 10.1 Å². The Morgan fingerprint density at radius 1 is 1.33 bits per heavy atom. The van der Waals surface area contributed by atoms with Crippen molar-refractivity contribution in [1.82, 2.24) is 5.32 Å². The first-order valence-corrected chi connectivity index (χ1v) is 8.33. The van der Waals surface area contributed by atoms with Gasteiger partial charge in [-0.2, -0.15) is 11.8 Å². The molecule has 3 nitrogen and oxygen atoms in total. The fraction of sp³-hybridized carbons (Fsp3) is 0.588. The summed E-state index contributed by atoms with van der Waals surface area (Å²) in [6.45, 7) is 13.0. The Morgan fingerprint density at radius 3 is 2.57 bits per heavy atom. The number of carbonyl (C=O) groups is 1. The summed E-state index contributed by atoms with van der Waals surface area (Å²) in [6.07, 6.45) is -0.481. The van der Waals surface area contributed by atoms with Crippen LogP contribution in [0.25, 0.3) is 0 Å². The quantitative estimate of drug-likeness (QED) is 0.814. The van der Waals surface area contributed by atoms with Crippen molar-refractivity contribution in [2.24, 2.45) is 0 Å². The maximum Gasteiger partial charge on any atom is 0.260 e. The molecule has 0 heterocycles. The molecule has 1 N–H and O–H groups in total. The van der Waals surface area contributed by atoms with E-state index in [1.54, 1.807) is 6.92 Å². The Hall–Kier alpha value is -1.16. The van der Waals surface area contributed by atoms with Crippen LogP contribution in [0.4, 0.5) is 0 Å². The molecule has 0 unspecified atom stereocenters. The van der Waals surface area contributed by atoms with Gasteiger partial charge in [0.25, 0.3) is 5.91 Å². The van der Waals surface area contributed by atoms with Crippen LogP contribution in [0, 0.1) is 13.8 Å². The third-order valence-electron chi connectivity index (χ3n) is 2.94. The highest BCUT2D eigenvalue weighted by molar-refractivity contribution is 8.00. The highest BCUT2D eigenvalue weighted by Crippen LogP contribution is 2.22. The van der Waals surface area contributed by atoms with Crippen LogP contribution in [0.2, 0.25) is 0 Å². The average Bonchev–Trinajstić information content (AvgIpc) is 2.36. The summed E-state index contributed by atoms with van der Waals surface area (Å²) >= 11 is 1.84. The van der Waals surface area contributed by atoms with E-state index in [9.17, 15) is 4.79 Å². The standard InChI is InChI=1S/C17H27NO2S/c1-12-7-8-15(13(2)11-12)20-14(3)16(19)18-9-10-21-17(4,5)6/h7-8,11,14H,9-10H2,1-6H3,(H,18,19)/t14-/m0/s1. The molecule has 1 aromatic carbocycles. The minimum atomic E-state index is -0.481. The monoisotopic (exact) mass is 309 g/mol. The molecule has 1 atom stereocenters. The van der Waals surface area contributed by atoms with Crippen molar-refractivity contribution in [2.45, 2.75) is 52.4 Å². The van der Waals surface area contributed by atoms with E-state index < -0.39 is 6.10 Å². The summed E-state index contributed by atoms with van der Waals surface area (Å²) in [5, 5.41) is 2.92. The summed E-state index contributed by atoms with van der Waals surface area (Å²) < 4.78 is 5.97. The lowest BCUT2D eigenvalue weighted by atomic mass is 10.1. The first kappa shape index (κ1) is 17.9. The van der Waals surface area contributed by atoms with E-state index in [-0.39, 0.29) is 10.7 Å². The fourth-order valence-corrected chi connectivity index (χ4v) is 2.67. The van der Waals surface area contributed by atoms with Crippen LogP contribution in [0.15, 0.2) is 18.2 Å². The van der Waals surface area contributed by atoms with Gasteiger partial charge in [-0.05, 0) is 32.4 Å². The normalized spacial score (nSPS) is 12.9. The highest BCUT2D eigenvalue weighted by Gasteiger charge is 2.16. The van der Waals surface area contributed by atoms with Gasteiger partial charge in [0.2, 0.25) is 0 Å². The summed E-state index contributed by atoms with van der Waals surface area (Å²) in [5.74, 6) is 1.61. The van der Waals surface area contributed by atoms with Gasteiger partial charge in [0.1, 0.15) is 5.75 Å². The second kappa shape index (κ2) is 7.74. The van der Waals surface area contributed by atoms with Gasteiger partial charge in [-0.3, -0.25) is 4.79 Å². The molecule has 0 saturated carbocycles. The van der Waals surface area contributed by atoms with Crippen LogP contribution in [-0.4, -0.2) is 29.1 Å². The minimum absolute atomic E-state index is 0.0653. The van der Waals surface area contributed by atoms with E-state index >= 15 is 0 Å². The third kappa shape index (κ3) is 6.89. The second-order valence-corrected chi connectivity index (χ2v) is 8.20. The number of ether oxygens (including phenoxy) is 1. The molecule has 4 heteroatoms. The molecular weight excluding hydrogens is 282 g/mol. The van der Waals surface area contributed by atoms with E-state index in [0.29, 0.717) is 6.54 Å². The predicted molar refractivity (Wildman–Crippen MR) is 91.2 cm³/mol. The molecule has 21 heavy (non-hydrogen) atoms. The van der Waals surface area contributed by atoms with Crippen LogP contribution in [0.1, 0.15) is 38.8 Å². The summed E-state index contributed by atoms with van der Waals surface area (Å²) in [7, 11) is 0. The Bertz CT molecular complexity index is 480. The summed E-state index contributed by atoms with van der Waals surface area (Å²) in [4.78, 5) is 12.0. The van der Waals surface area contributed by atoms with Crippen molar-refractivity contribution < 1.29 is 9.53 Å². The zero-order chi connectivity index (χ0) is 16.0. The molecule has 0 fully saturated rings. The van der Waals surface area contributed by atoms with Gasteiger partial charge in [-0.1, -0.05) is 38.5 Å². The molecule has 0 spiro atoms. The maximum atomic E-state index is 12.0. The van der Waals surface area contributed by atoms with E-state index in [4.69, 9.17) is 4.74 Å². The van der Waals surface area contributed by atoms with Crippen LogP contribution >= 0.6 is 11.8 Å². The van der Waals surface area contributed by atoms with E-state index in [0.717, 1.165) is 17.1 Å². The number of amides is 1. The van der Waals surface area contributed by atoms with Crippen molar-refractivity contribution in [3.05, 3.63) is 29.3 Å². The Labute approximate surface area is 132 Å². The lowest BCUT2D eigenvalue weighted by molar-refractivity contribution is -0.127. The molecule has 1 rings (SSSR count). The van der Waals surface area contributed by atoms with Gasteiger partial charge >= 0.3 is 0 Å². The third-order valence-corrected chi connectivity index (χ3v) is 4.21. The molecule has 0 radical (unpaired) electrons. The molecule has 0 aliphatic carbocycles. The summed E-state index contributed by atoms with van der Waals surface area (Å²) in [5.41, 5.74) is 2.24. The minimum Gasteiger partial charge on any atom is -0.481 e. The lowest BCUT2D eigenvalue weighted by Gasteiger charge is -2.19. The molecule has 0 bridgehead atoms. The molecule has 1 aromatic rings. The van der Waals surface area contributed by atoms with Crippen LogP contribution in [-0.2, 0) is 4.79 Å². The van der Waals surface area contributed by atoms with Crippen molar-refractivity contribution >= 4 is 17.7 Å². The van der Waals surface area contributed by atoms with Gasteiger partial charge in [0.05, 0.1) is 0 Å². The number of rotatable bonds is 6. The van der Waals surface area contributed by atoms with Crippen molar-refractivity contribution in [2.75, 3.05) is 12.3 Å². The highest BCUT2D eigenvalue weighted by atomic mass is 32.2. The molecule has 118 valence electrons. The molecule has 1 amide bonds. The van der Waals surface area contributed by atoms with Gasteiger partial charge in [0, 0.05) is 17.0 Å². The molecule has 0 aromatic heterocycles. The van der Waals surface area contributed by atoms with Gasteiger partial charge in [-0.25, -0.2) is 0 Å². The van der Waals surface area contributed by atoms with Crippen LogP contribution in [0.3, 0.4) is 0 Å². The largest absolute Gasteiger partial charge is 0.481 e. The first-order chi connectivity index (χ1) is 9.69. The molecule has 0 aliphatic rings. The lowest BCUT2D eigenvalue weighted by Crippen LogP contribution is -2.37. The fourth-order valence-electron chi connectivity index (χ4n) is 1.85. The zero-order valence-corrected chi connectivity index (χ0v) is 14.8. The van der Waals surface area contributed by atoms with E-state index in [2.05, 4.69) is 32.2 Å². The zero-order valence-electron chi connectivity index (χ0n) is 13.9. The maximum absolute atomic E-state index is 12.0. The topological polar surface area (TPSA) is 38.3 Å². The summed E-state index contributed by atoms with van der Waals surface area (Å²) in [6, 6.07) is 5.97. The number of hydrogen-bond acceptors (Lipinski definition) is 3. The van der Waals surface area contributed by atoms with Gasteiger partial charge in [0.15, 0.2) is 6.10 Å². The Balaban J connectivity index is 2.41. The number of nitrogens with one attached hydrogen (secondary N) is 1. The number of aryl methyl sites for hydroxylation is 2. The molecule has 0 saturated heterocycles. The van der Waals surface area contributed by atoms with E-state index in [1.807, 2.05) is 37.7 Å². The van der Waals surface area contributed by atoms with Crippen molar-refractivity contribution in [3.63, 3.8) is 0 Å². The van der Waals surface area contributed by atoms with Crippen LogP contribution in [0.5, 0.6) is 5.75 Å². The van der Waals surface area contributed by atoms with Crippen LogP contribution < -0.4 is 10.1 Å². The number of hydrogen-bond donors (Lipinski definition) is 1. The molecule has 0 aliphatic heterocycles. The molecular formula is C17H27NO2S. The van der Waals surface area contributed by atoms with E-state index in [1.165, 1.54) is 5.56 Å². The number of benzene rings is 1. The smallest absolute Gasteiger partial charge is 0.260 e. The number of carbonyl (C=O) groups excluding carboxylic acids is 1. The van der Waals surface area contributed by atoms with Gasteiger partial charge in [-0.15, -0.1) is 0 Å². The second-order valence-electron chi connectivity index (χ2n) is 6.28. The Morgan fingerprint density at radius 2 is 2.00 bits per heavy atom. The van der Waals surface area contributed by atoms with Crippen molar-refractivity contribution in [1.29, 1.82) is 0 Å². The SMILES string of the molecule is Cc1ccc(O[C@@H](C)C(=O)NCCSC(C)(C)C)c(C)c1. The first-order valence-electron chi connectivity index (χ1n) is 7.34. The average molecular weight is 309 g/mol. The Kier molecular flexibility index (Phi) is 6.59. The predicted octanol–water partition coefficient (Wildman–Crippen LogP) is 3.72.